The van der Waals surface area contributed by atoms with Crippen molar-refractivity contribution < 1.29 is 14.7 Å². The Kier molecular flexibility index (Phi) is 4.51. The molecule has 2 unspecified atom stereocenters. The first kappa shape index (κ1) is 11.1. The van der Waals surface area contributed by atoms with Crippen LogP contribution < -0.4 is 5.32 Å². The van der Waals surface area contributed by atoms with Gasteiger partial charge in [-0.1, -0.05) is 6.92 Å². The van der Waals surface area contributed by atoms with Crippen LogP contribution in [-0.2, 0) is 9.59 Å². The van der Waals surface area contributed by atoms with Gasteiger partial charge in [-0.25, -0.2) is 0 Å². The zero-order chi connectivity index (χ0) is 9.72. The minimum Gasteiger partial charge on any atom is -0.391 e. The van der Waals surface area contributed by atoms with Gasteiger partial charge in [-0.05, 0) is 6.92 Å². The fourth-order valence-electron chi connectivity index (χ4n) is 0.909. The second-order valence-electron chi connectivity index (χ2n) is 2.74. The van der Waals surface area contributed by atoms with E-state index in [2.05, 4.69) is 5.32 Å². The highest BCUT2D eigenvalue weighted by Crippen LogP contribution is 1.97. The Balaban J connectivity index is 4.23. The van der Waals surface area contributed by atoms with Gasteiger partial charge >= 0.3 is 0 Å². The highest BCUT2D eigenvalue weighted by Gasteiger charge is 2.22. The molecule has 0 spiro atoms. The van der Waals surface area contributed by atoms with Crippen molar-refractivity contribution in [2.75, 3.05) is 0 Å². The molecule has 0 rings (SSSR count). The van der Waals surface area contributed by atoms with Crippen LogP contribution in [0.5, 0.6) is 0 Å². The lowest BCUT2D eigenvalue weighted by molar-refractivity contribution is -0.129. The van der Waals surface area contributed by atoms with E-state index >= 15 is 0 Å². The topological polar surface area (TPSA) is 66.4 Å². The molecule has 0 fully saturated rings. The third-order valence-corrected chi connectivity index (χ3v) is 1.54. The summed E-state index contributed by atoms with van der Waals surface area (Å²) >= 11 is 0. The van der Waals surface area contributed by atoms with E-state index in [-0.39, 0.29) is 11.7 Å². The van der Waals surface area contributed by atoms with Gasteiger partial charge < -0.3 is 10.4 Å². The number of nitrogens with one attached hydrogen (secondary N) is 1. The van der Waals surface area contributed by atoms with Crippen LogP contribution in [0, 0.1) is 0 Å². The number of carbonyl (C=O) groups excluding carboxylic acids is 2. The molecule has 70 valence electrons. The third-order valence-electron chi connectivity index (χ3n) is 1.54. The normalized spacial score (nSPS) is 15.0. The highest BCUT2D eigenvalue weighted by atomic mass is 16.3. The van der Waals surface area contributed by atoms with Crippen molar-refractivity contribution in [2.45, 2.75) is 39.3 Å². The van der Waals surface area contributed by atoms with E-state index in [0.717, 1.165) is 0 Å². The first-order chi connectivity index (χ1) is 5.49. The van der Waals surface area contributed by atoms with E-state index in [0.29, 0.717) is 6.42 Å². The van der Waals surface area contributed by atoms with Crippen LogP contribution in [0.4, 0.5) is 0 Å². The minimum absolute atomic E-state index is 0.153. The molecule has 2 N–H and O–H groups in total. The van der Waals surface area contributed by atoms with Gasteiger partial charge in [0, 0.05) is 13.3 Å². The number of hydrogen-bond acceptors (Lipinski definition) is 3. The number of aliphatic hydroxyl groups excluding tert-OH is 1. The first-order valence-electron chi connectivity index (χ1n) is 3.97. The summed E-state index contributed by atoms with van der Waals surface area (Å²) in [5.41, 5.74) is 0. The van der Waals surface area contributed by atoms with Gasteiger partial charge in [0.25, 0.3) is 0 Å². The molecule has 0 aromatic carbocycles. The summed E-state index contributed by atoms with van der Waals surface area (Å²) in [5.74, 6) is -0.456. The fraction of sp³-hybridized carbons (Fsp3) is 0.750. The predicted octanol–water partition coefficient (Wildman–Crippen LogP) is -0.149. The summed E-state index contributed by atoms with van der Waals surface area (Å²) in [7, 11) is 0. The SMILES string of the molecule is CCC(=O)C(NC(C)=O)C(C)O. The summed E-state index contributed by atoms with van der Waals surface area (Å²) in [4.78, 5) is 21.7. The molecule has 2 atom stereocenters. The number of hydrogen-bond donors (Lipinski definition) is 2. The van der Waals surface area contributed by atoms with E-state index in [1.54, 1.807) is 6.92 Å². The Hall–Kier alpha value is -0.900. The molecule has 0 bridgehead atoms. The van der Waals surface area contributed by atoms with Gasteiger partial charge in [0.15, 0.2) is 5.78 Å². The van der Waals surface area contributed by atoms with E-state index in [1.807, 2.05) is 0 Å². The third kappa shape index (κ3) is 3.48. The molecule has 0 aliphatic carbocycles. The number of aliphatic hydroxyl groups is 1. The molecule has 4 nitrogen and oxygen atoms in total. The van der Waals surface area contributed by atoms with Gasteiger partial charge in [-0.3, -0.25) is 9.59 Å². The van der Waals surface area contributed by atoms with E-state index in [1.165, 1.54) is 13.8 Å². The fourth-order valence-corrected chi connectivity index (χ4v) is 0.909. The molecular weight excluding hydrogens is 158 g/mol. The Labute approximate surface area is 72.0 Å². The Morgan fingerprint density at radius 2 is 2.00 bits per heavy atom. The molecule has 1 amide bonds. The van der Waals surface area contributed by atoms with Crippen LogP contribution in [-0.4, -0.2) is 28.9 Å². The van der Waals surface area contributed by atoms with Crippen LogP contribution in [0.15, 0.2) is 0 Å². The molecular formula is C8H15NO3. The van der Waals surface area contributed by atoms with Gasteiger partial charge in [0.05, 0.1) is 6.10 Å². The first-order valence-corrected chi connectivity index (χ1v) is 3.97. The summed E-state index contributed by atoms with van der Waals surface area (Å²) in [6.07, 6.45) is -0.517. The number of carbonyl (C=O) groups is 2. The number of rotatable bonds is 4. The second kappa shape index (κ2) is 4.87. The van der Waals surface area contributed by atoms with Crippen molar-refractivity contribution >= 4 is 11.7 Å². The molecule has 4 heteroatoms. The summed E-state index contributed by atoms with van der Waals surface area (Å²) in [6, 6.07) is -0.757. The smallest absolute Gasteiger partial charge is 0.217 e. The molecule has 0 saturated heterocycles. The maximum absolute atomic E-state index is 11.1. The minimum atomic E-state index is -0.832. The number of amides is 1. The Bertz CT molecular complexity index is 177. The molecule has 0 aliphatic rings. The lowest BCUT2D eigenvalue weighted by atomic mass is 10.1. The second-order valence-corrected chi connectivity index (χ2v) is 2.74. The van der Waals surface area contributed by atoms with E-state index in [9.17, 15) is 9.59 Å². The zero-order valence-corrected chi connectivity index (χ0v) is 7.63. The average Bonchev–Trinajstić information content (AvgIpc) is 1.98. The van der Waals surface area contributed by atoms with E-state index < -0.39 is 12.1 Å². The van der Waals surface area contributed by atoms with Gasteiger partial charge in [0.2, 0.25) is 5.91 Å². The van der Waals surface area contributed by atoms with Crippen molar-refractivity contribution in [3.05, 3.63) is 0 Å². The maximum Gasteiger partial charge on any atom is 0.217 e. The van der Waals surface area contributed by atoms with Crippen LogP contribution >= 0.6 is 0 Å². The summed E-state index contributed by atoms with van der Waals surface area (Å²) < 4.78 is 0. The quantitative estimate of drug-likeness (QED) is 0.621. The number of ketones is 1. The van der Waals surface area contributed by atoms with Crippen LogP contribution in [0.3, 0.4) is 0 Å². The lowest BCUT2D eigenvalue weighted by Crippen LogP contribution is -2.46. The Morgan fingerprint density at radius 3 is 2.25 bits per heavy atom. The summed E-state index contributed by atoms with van der Waals surface area (Å²) in [6.45, 7) is 4.49. The molecule has 0 aromatic heterocycles. The van der Waals surface area contributed by atoms with Crippen molar-refractivity contribution in [1.29, 1.82) is 0 Å². The zero-order valence-electron chi connectivity index (χ0n) is 7.63. The number of Topliss-reactive ketones (excluding diaryl/α,β-unsaturated/α-hetero) is 1. The van der Waals surface area contributed by atoms with Gasteiger partial charge in [-0.15, -0.1) is 0 Å². The monoisotopic (exact) mass is 173 g/mol. The average molecular weight is 173 g/mol. The maximum atomic E-state index is 11.1. The standard InChI is InChI=1S/C8H15NO3/c1-4-7(12)8(5(2)10)9-6(3)11/h5,8,10H,4H2,1-3H3,(H,9,11). The van der Waals surface area contributed by atoms with Crippen molar-refractivity contribution in [1.82, 2.24) is 5.32 Å². The highest BCUT2D eigenvalue weighted by molar-refractivity contribution is 5.88. The molecule has 12 heavy (non-hydrogen) atoms. The largest absolute Gasteiger partial charge is 0.391 e. The molecule has 0 aliphatic heterocycles. The molecule has 0 heterocycles. The predicted molar refractivity (Wildman–Crippen MR) is 44.6 cm³/mol. The summed E-state index contributed by atoms with van der Waals surface area (Å²) in [5, 5.41) is 11.5. The lowest BCUT2D eigenvalue weighted by Gasteiger charge is -2.18. The van der Waals surface area contributed by atoms with Gasteiger partial charge in [-0.2, -0.15) is 0 Å². The molecule has 0 saturated carbocycles. The Morgan fingerprint density at radius 1 is 1.50 bits per heavy atom. The molecule has 0 aromatic rings. The van der Waals surface area contributed by atoms with Crippen molar-refractivity contribution in [3.8, 4) is 0 Å². The van der Waals surface area contributed by atoms with Gasteiger partial charge in [0.1, 0.15) is 6.04 Å². The van der Waals surface area contributed by atoms with Crippen LogP contribution in [0.1, 0.15) is 27.2 Å². The van der Waals surface area contributed by atoms with Crippen molar-refractivity contribution in [2.24, 2.45) is 0 Å². The van der Waals surface area contributed by atoms with Crippen LogP contribution in [0.25, 0.3) is 0 Å². The molecule has 0 radical (unpaired) electrons. The van der Waals surface area contributed by atoms with E-state index in [4.69, 9.17) is 5.11 Å². The van der Waals surface area contributed by atoms with Crippen LogP contribution in [0.2, 0.25) is 0 Å². The van der Waals surface area contributed by atoms with Crippen molar-refractivity contribution in [3.63, 3.8) is 0 Å².